The summed E-state index contributed by atoms with van der Waals surface area (Å²) < 4.78 is 58.9. The lowest BCUT2D eigenvalue weighted by Gasteiger charge is -2.09. The molecule has 225 valence electrons. The normalized spacial score (nSPS) is 11.2. The largest absolute Gasteiger partial charge is 0.379 e. The van der Waals surface area contributed by atoms with Crippen LogP contribution in [-0.4, -0.2) is 152 Å². The van der Waals surface area contributed by atoms with Crippen molar-refractivity contribution in [3.8, 4) is 0 Å². The lowest BCUT2D eigenvalue weighted by atomic mass is 10.6. The fourth-order valence-corrected chi connectivity index (χ4v) is 2.45. The van der Waals surface area contributed by atoms with Crippen LogP contribution in [0.5, 0.6) is 0 Å². The molecule has 0 amide bonds. The summed E-state index contributed by atoms with van der Waals surface area (Å²) in [6.45, 7) is 15.0. The monoisotopic (exact) mass is 554 g/mol. The van der Waals surface area contributed by atoms with E-state index in [-0.39, 0.29) is 0 Å². The van der Waals surface area contributed by atoms with Crippen LogP contribution in [0.1, 0.15) is 0 Å². The maximum absolute atomic E-state index is 8.12. The van der Waals surface area contributed by atoms with Crippen molar-refractivity contribution >= 4 is 0 Å². The summed E-state index contributed by atoms with van der Waals surface area (Å²) >= 11 is 0. The molecule has 0 aromatic heterocycles. The Kier molecular flexibility index (Phi) is 34.8. The molecule has 0 aromatic rings. The van der Waals surface area contributed by atoms with E-state index >= 15 is 0 Å². The molecule has 0 aliphatic carbocycles. The van der Waals surface area contributed by atoms with Crippen LogP contribution in [0.2, 0.25) is 0 Å². The van der Waals surface area contributed by atoms with Crippen LogP contribution in [0.4, 0.5) is 0 Å². The number of azide groups is 1. The van der Waals surface area contributed by atoms with E-state index in [1.807, 2.05) is 0 Å². The van der Waals surface area contributed by atoms with Crippen molar-refractivity contribution in [2.75, 3.05) is 152 Å². The summed E-state index contributed by atoms with van der Waals surface area (Å²) in [6, 6.07) is 0. The summed E-state index contributed by atoms with van der Waals surface area (Å²) in [5.41, 5.74) is 8.12. The molecule has 14 heteroatoms. The van der Waals surface area contributed by atoms with Gasteiger partial charge in [0.15, 0.2) is 0 Å². The molecule has 0 N–H and O–H groups in total. The molecule has 0 fully saturated rings. The second-order valence-electron chi connectivity index (χ2n) is 7.19. The smallest absolute Gasteiger partial charge is 0.0701 e. The molecule has 0 unspecified atom stereocenters. The first-order valence-electron chi connectivity index (χ1n) is 13.1. The highest BCUT2D eigenvalue weighted by atomic mass is 16.6. The average molecular weight is 555 g/mol. The molecular formula is C24H48N3O11. The van der Waals surface area contributed by atoms with Gasteiger partial charge in [0.05, 0.1) is 139 Å². The van der Waals surface area contributed by atoms with E-state index in [2.05, 4.69) is 16.9 Å². The van der Waals surface area contributed by atoms with Crippen molar-refractivity contribution in [1.82, 2.24) is 0 Å². The molecule has 14 nitrogen and oxygen atoms in total. The number of nitrogens with zero attached hydrogens (tertiary/aromatic N) is 3. The molecule has 0 bridgehead atoms. The van der Waals surface area contributed by atoms with Gasteiger partial charge in [-0.3, -0.25) is 0 Å². The summed E-state index contributed by atoms with van der Waals surface area (Å²) in [5.74, 6) is 0. The summed E-state index contributed by atoms with van der Waals surface area (Å²) in [7, 11) is 0. The minimum absolute atomic E-state index is 0.330. The SMILES string of the molecule is [CH2]COCCOCCOCCOCCOCCOCCOCCOCCOCCOCCOCCN=[N+]=[N-]. The van der Waals surface area contributed by atoms with E-state index in [9.17, 15) is 0 Å². The molecule has 1 radical (unpaired) electrons. The summed E-state index contributed by atoms with van der Waals surface area (Å²) in [4.78, 5) is 2.64. The topological polar surface area (TPSA) is 150 Å². The van der Waals surface area contributed by atoms with Crippen molar-refractivity contribution in [3.63, 3.8) is 0 Å². The maximum Gasteiger partial charge on any atom is 0.0701 e. The third-order valence-corrected chi connectivity index (χ3v) is 4.26. The predicted octanol–water partition coefficient (Wildman–Crippen LogP) is 1.31. The van der Waals surface area contributed by atoms with Gasteiger partial charge < -0.3 is 52.1 Å². The van der Waals surface area contributed by atoms with Crippen molar-refractivity contribution in [3.05, 3.63) is 17.4 Å². The molecule has 0 aliphatic heterocycles. The van der Waals surface area contributed by atoms with Crippen molar-refractivity contribution < 1.29 is 52.1 Å². The van der Waals surface area contributed by atoms with Gasteiger partial charge in [-0.05, 0) is 12.5 Å². The van der Waals surface area contributed by atoms with Gasteiger partial charge in [0.1, 0.15) is 0 Å². The van der Waals surface area contributed by atoms with Gasteiger partial charge in [-0.25, -0.2) is 0 Å². The van der Waals surface area contributed by atoms with Crippen LogP contribution >= 0.6 is 0 Å². The van der Waals surface area contributed by atoms with Crippen molar-refractivity contribution in [1.29, 1.82) is 0 Å². The molecule has 0 spiro atoms. The third kappa shape index (κ3) is 34.9. The van der Waals surface area contributed by atoms with E-state index in [4.69, 9.17) is 57.6 Å². The zero-order chi connectivity index (χ0) is 27.5. The highest BCUT2D eigenvalue weighted by Gasteiger charge is 1.96. The Morgan fingerprint density at radius 1 is 0.368 bits per heavy atom. The molecule has 0 heterocycles. The van der Waals surface area contributed by atoms with Crippen LogP contribution in [0.3, 0.4) is 0 Å². The maximum atomic E-state index is 8.12. The first-order valence-corrected chi connectivity index (χ1v) is 13.1. The van der Waals surface area contributed by atoms with Crippen LogP contribution in [-0.2, 0) is 52.1 Å². The Balaban J connectivity index is 3.02. The van der Waals surface area contributed by atoms with E-state index in [1.54, 1.807) is 0 Å². The second-order valence-corrected chi connectivity index (χ2v) is 7.19. The van der Waals surface area contributed by atoms with Crippen LogP contribution in [0.15, 0.2) is 5.11 Å². The zero-order valence-electron chi connectivity index (χ0n) is 22.8. The van der Waals surface area contributed by atoms with Gasteiger partial charge in [0, 0.05) is 18.1 Å². The van der Waals surface area contributed by atoms with E-state index in [0.29, 0.717) is 152 Å². The third-order valence-electron chi connectivity index (χ3n) is 4.26. The Morgan fingerprint density at radius 3 is 0.789 bits per heavy atom. The molecular weight excluding hydrogens is 506 g/mol. The lowest BCUT2D eigenvalue weighted by Crippen LogP contribution is -2.15. The Hall–Kier alpha value is -1.13. The first kappa shape index (κ1) is 36.9. The Morgan fingerprint density at radius 2 is 0.579 bits per heavy atom. The fourth-order valence-electron chi connectivity index (χ4n) is 2.45. The Labute approximate surface area is 227 Å². The Bertz CT molecular complexity index is 490. The number of hydrogen-bond acceptors (Lipinski definition) is 12. The molecule has 0 rings (SSSR count). The lowest BCUT2D eigenvalue weighted by molar-refractivity contribution is -0.0272. The average Bonchev–Trinajstić information content (AvgIpc) is 2.93. The molecule has 0 atom stereocenters. The van der Waals surface area contributed by atoms with Gasteiger partial charge in [-0.1, -0.05) is 5.11 Å². The molecule has 0 saturated carbocycles. The molecule has 0 aromatic carbocycles. The summed E-state index contributed by atoms with van der Waals surface area (Å²) in [6.07, 6.45) is 0. The van der Waals surface area contributed by atoms with E-state index < -0.39 is 0 Å². The number of ether oxygens (including phenoxy) is 11. The first-order chi connectivity index (χ1) is 18.9. The van der Waals surface area contributed by atoms with Crippen molar-refractivity contribution in [2.24, 2.45) is 5.11 Å². The molecule has 38 heavy (non-hydrogen) atoms. The van der Waals surface area contributed by atoms with E-state index in [0.717, 1.165) is 0 Å². The quantitative estimate of drug-likeness (QED) is 0.0490. The highest BCUT2D eigenvalue weighted by Crippen LogP contribution is 1.87. The van der Waals surface area contributed by atoms with Crippen LogP contribution in [0.25, 0.3) is 10.4 Å². The van der Waals surface area contributed by atoms with Gasteiger partial charge in [-0.15, -0.1) is 0 Å². The highest BCUT2D eigenvalue weighted by molar-refractivity contribution is 4.44. The van der Waals surface area contributed by atoms with Crippen LogP contribution < -0.4 is 0 Å². The zero-order valence-corrected chi connectivity index (χ0v) is 22.8. The van der Waals surface area contributed by atoms with Crippen molar-refractivity contribution in [2.45, 2.75) is 0 Å². The van der Waals surface area contributed by atoms with Gasteiger partial charge in [-0.2, -0.15) is 0 Å². The summed E-state index contributed by atoms with van der Waals surface area (Å²) in [5, 5.41) is 3.37. The minimum Gasteiger partial charge on any atom is -0.379 e. The predicted molar refractivity (Wildman–Crippen MR) is 138 cm³/mol. The number of rotatable bonds is 34. The molecule has 0 saturated heterocycles. The number of hydrogen-bond donors (Lipinski definition) is 0. The van der Waals surface area contributed by atoms with Gasteiger partial charge in [0.2, 0.25) is 0 Å². The van der Waals surface area contributed by atoms with Gasteiger partial charge in [0.25, 0.3) is 0 Å². The fraction of sp³-hybridized carbons (Fsp3) is 0.958. The van der Waals surface area contributed by atoms with E-state index in [1.165, 1.54) is 0 Å². The van der Waals surface area contributed by atoms with Crippen LogP contribution in [0, 0.1) is 6.92 Å². The standard InChI is InChI=1S/C24H48N3O11/c1-2-28-5-6-30-9-10-32-13-14-34-17-18-36-21-22-38-24-23-37-20-19-35-16-15-33-12-11-31-8-7-29-4-3-26-27-25/h1-24H2. The minimum atomic E-state index is 0.330. The van der Waals surface area contributed by atoms with Gasteiger partial charge >= 0.3 is 0 Å². The second kappa shape index (κ2) is 35.9. The molecule has 0 aliphatic rings.